The van der Waals surface area contributed by atoms with Gasteiger partial charge in [0.25, 0.3) is 6.10 Å². The predicted octanol–water partition coefficient (Wildman–Crippen LogP) is 3.14. The Morgan fingerprint density at radius 2 is 1.59 bits per heavy atom. The molecule has 1 unspecified atom stereocenters. The van der Waals surface area contributed by atoms with E-state index < -0.39 is 50.9 Å². The van der Waals surface area contributed by atoms with Gasteiger partial charge >= 0.3 is 33.5 Å². The van der Waals surface area contributed by atoms with Gasteiger partial charge in [0, 0.05) is 0 Å². The summed E-state index contributed by atoms with van der Waals surface area (Å²) in [5.41, 5.74) is -0.684. The van der Waals surface area contributed by atoms with Gasteiger partial charge in [-0.25, -0.2) is 9.59 Å². The highest BCUT2D eigenvalue weighted by atomic mass is 32.2. The van der Waals surface area contributed by atoms with Gasteiger partial charge < -0.3 is 9.47 Å². The minimum atomic E-state index is -6.62. The molecule has 0 amide bonds. The van der Waals surface area contributed by atoms with Gasteiger partial charge in [0.05, 0.1) is 13.4 Å². The van der Waals surface area contributed by atoms with Crippen molar-refractivity contribution in [2.24, 2.45) is 0 Å². The fourth-order valence-corrected chi connectivity index (χ4v) is 2.76. The zero-order chi connectivity index (χ0) is 24.3. The Balaban J connectivity index is 2.45. The third-order valence-electron chi connectivity index (χ3n) is 3.89. The molecule has 0 aliphatic rings. The second kappa shape index (κ2) is 9.24. The molecule has 1 atom stereocenters. The SMILES string of the molecule is [B]Cc1ccc(C(=O)OC(C(F)(F)F)C(F)(F)S(=O)(=O)O)c(OC(=O)c2ccccc2)c1. The third-order valence-corrected chi connectivity index (χ3v) is 4.79. The van der Waals surface area contributed by atoms with Crippen LogP contribution in [0, 0.1) is 0 Å². The van der Waals surface area contributed by atoms with Crippen LogP contribution in [-0.4, -0.2) is 50.3 Å². The van der Waals surface area contributed by atoms with E-state index in [1.165, 1.54) is 24.3 Å². The van der Waals surface area contributed by atoms with Crippen molar-refractivity contribution in [2.75, 3.05) is 0 Å². The van der Waals surface area contributed by atoms with E-state index in [0.717, 1.165) is 18.2 Å². The van der Waals surface area contributed by atoms with Crippen molar-refractivity contribution in [2.45, 2.75) is 23.9 Å². The highest BCUT2D eigenvalue weighted by Crippen LogP contribution is 2.39. The maximum Gasteiger partial charge on any atom is 0.432 e. The van der Waals surface area contributed by atoms with E-state index in [1.807, 2.05) is 0 Å². The lowest BCUT2D eigenvalue weighted by molar-refractivity contribution is -0.248. The molecule has 2 rings (SSSR count). The van der Waals surface area contributed by atoms with Gasteiger partial charge in [-0.2, -0.15) is 30.4 Å². The molecule has 32 heavy (non-hydrogen) atoms. The molecule has 0 aliphatic carbocycles. The highest BCUT2D eigenvalue weighted by Gasteiger charge is 2.66. The minimum absolute atomic E-state index is 0.0176. The van der Waals surface area contributed by atoms with Crippen molar-refractivity contribution in [1.29, 1.82) is 0 Å². The Kier molecular flexibility index (Phi) is 7.30. The monoisotopic (exact) mass is 478 g/mol. The predicted molar refractivity (Wildman–Crippen MR) is 99.1 cm³/mol. The molecule has 0 saturated carbocycles. The first kappa shape index (κ1) is 25.3. The van der Waals surface area contributed by atoms with Crippen molar-refractivity contribution in [3.63, 3.8) is 0 Å². The zero-order valence-corrected chi connectivity index (χ0v) is 16.5. The van der Waals surface area contributed by atoms with Crippen molar-refractivity contribution < 1.29 is 54.0 Å². The smallest absolute Gasteiger partial charge is 0.432 e. The number of benzene rings is 2. The molecule has 2 radical (unpaired) electrons. The van der Waals surface area contributed by atoms with Gasteiger partial charge in [0.1, 0.15) is 11.3 Å². The Bertz CT molecular complexity index is 1100. The second-order valence-electron chi connectivity index (χ2n) is 6.15. The third kappa shape index (κ3) is 5.62. The van der Waals surface area contributed by atoms with Gasteiger partial charge in [0.15, 0.2) is 0 Å². The number of carbonyl (C=O) groups excluding carboxylic acids is 2. The summed E-state index contributed by atoms with van der Waals surface area (Å²) in [6.45, 7) is 0. The van der Waals surface area contributed by atoms with Crippen LogP contribution in [0.2, 0.25) is 0 Å². The van der Waals surface area contributed by atoms with Crippen LogP contribution in [0.15, 0.2) is 48.5 Å². The summed E-state index contributed by atoms with van der Waals surface area (Å²) < 4.78 is 105. The Hall–Kier alpha value is -3.00. The zero-order valence-electron chi connectivity index (χ0n) is 15.7. The van der Waals surface area contributed by atoms with Crippen LogP contribution in [0.4, 0.5) is 22.0 Å². The largest absolute Gasteiger partial charge is 0.441 e. The number of hydrogen-bond donors (Lipinski definition) is 1. The van der Waals surface area contributed by atoms with Crippen LogP contribution < -0.4 is 4.74 Å². The maximum absolute atomic E-state index is 13.7. The Morgan fingerprint density at radius 3 is 2.09 bits per heavy atom. The molecular weight excluding hydrogens is 466 g/mol. The molecule has 7 nitrogen and oxygen atoms in total. The van der Waals surface area contributed by atoms with Crippen LogP contribution in [0.25, 0.3) is 0 Å². The van der Waals surface area contributed by atoms with Gasteiger partial charge in [-0.05, 0) is 24.3 Å². The molecule has 0 aliphatic heterocycles. The maximum atomic E-state index is 13.7. The van der Waals surface area contributed by atoms with E-state index >= 15 is 0 Å². The normalized spacial score (nSPS) is 13.3. The first-order valence-electron chi connectivity index (χ1n) is 8.41. The molecule has 14 heteroatoms. The number of halogens is 5. The molecule has 0 spiro atoms. The van der Waals surface area contributed by atoms with Crippen LogP contribution in [0.3, 0.4) is 0 Å². The molecule has 0 fully saturated rings. The molecule has 2 aromatic rings. The molecule has 0 saturated heterocycles. The topological polar surface area (TPSA) is 107 Å². The molecule has 0 aromatic heterocycles. The van der Waals surface area contributed by atoms with Crippen molar-refractivity contribution in [1.82, 2.24) is 0 Å². The van der Waals surface area contributed by atoms with Gasteiger partial charge in [0.2, 0.25) is 0 Å². The summed E-state index contributed by atoms with van der Waals surface area (Å²) in [4.78, 5) is 24.5. The summed E-state index contributed by atoms with van der Waals surface area (Å²) in [6, 6.07) is 10.0. The van der Waals surface area contributed by atoms with E-state index in [2.05, 4.69) is 4.74 Å². The molecule has 2 aromatic carbocycles. The minimum Gasteiger partial charge on any atom is -0.441 e. The fraction of sp³-hybridized carbons (Fsp3) is 0.222. The average Bonchev–Trinajstić information content (AvgIpc) is 2.70. The van der Waals surface area contributed by atoms with E-state index in [1.54, 1.807) is 6.07 Å². The van der Waals surface area contributed by atoms with Crippen molar-refractivity contribution in [3.8, 4) is 5.75 Å². The van der Waals surface area contributed by atoms with E-state index in [-0.39, 0.29) is 17.4 Å². The Morgan fingerprint density at radius 1 is 1.00 bits per heavy atom. The van der Waals surface area contributed by atoms with Gasteiger partial charge in [-0.3, -0.25) is 4.55 Å². The quantitative estimate of drug-likeness (QED) is 0.214. The first-order valence-corrected chi connectivity index (χ1v) is 9.85. The first-order chi connectivity index (χ1) is 14.7. The standard InChI is InChI=1S/C18H12BF5O7S/c19-9-10-6-7-12(13(8-10)30-14(25)11-4-2-1-3-5-11)15(26)31-16(17(20,21)22)18(23,24)32(27,28)29/h1-8,16H,9H2,(H,27,28,29). The van der Waals surface area contributed by atoms with Gasteiger partial charge in [-0.15, -0.1) is 0 Å². The Labute approximate surface area is 179 Å². The molecule has 0 heterocycles. The lowest BCUT2D eigenvalue weighted by Gasteiger charge is -2.26. The molecule has 0 bridgehead atoms. The van der Waals surface area contributed by atoms with Gasteiger partial charge in [-0.1, -0.05) is 36.1 Å². The molecular formula is C18H12BF5O7S. The molecule has 170 valence electrons. The lowest BCUT2D eigenvalue weighted by atomic mass is 9.96. The second-order valence-corrected chi connectivity index (χ2v) is 7.65. The fourth-order valence-electron chi connectivity index (χ4n) is 2.31. The number of hydrogen-bond acceptors (Lipinski definition) is 6. The number of esters is 2. The summed E-state index contributed by atoms with van der Waals surface area (Å²) in [5, 5.41) is -5.92. The number of rotatable bonds is 7. The van der Waals surface area contributed by atoms with Crippen molar-refractivity contribution >= 4 is 29.9 Å². The number of ether oxygens (including phenoxy) is 2. The summed E-state index contributed by atoms with van der Waals surface area (Å²) >= 11 is 0. The van der Waals surface area contributed by atoms with Crippen LogP contribution in [-0.2, 0) is 21.2 Å². The van der Waals surface area contributed by atoms with E-state index in [4.69, 9.17) is 17.1 Å². The summed E-state index contributed by atoms with van der Waals surface area (Å²) in [7, 11) is -1.19. The van der Waals surface area contributed by atoms with Crippen LogP contribution in [0.1, 0.15) is 26.3 Å². The van der Waals surface area contributed by atoms with E-state index in [0.29, 0.717) is 0 Å². The molecule has 1 N–H and O–H groups in total. The highest BCUT2D eigenvalue weighted by molar-refractivity contribution is 7.86. The van der Waals surface area contributed by atoms with E-state index in [9.17, 15) is 40.0 Å². The number of alkyl halides is 5. The van der Waals surface area contributed by atoms with Crippen LogP contribution >= 0.6 is 0 Å². The van der Waals surface area contributed by atoms with Crippen molar-refractivity contribution in [3.05, 3.63) is 65.2 Å². The lowest BCUT2D eigenvalue weighted by Crippen LogP contribution is -2.52. The van der Waals surface area contributed by atoms with Crippen LogP contribution in [0.5, 0.6) is 5.75 Å². The summed E-state index contributed by atoms with van der Waals surface area (Å²) in [5.74, 6) is -3.83. The average molecular weight is 478 g/mol. The summed E-state index contributed by atoms with van der Waals surface area (Å²) in [6.07, 6.45) is -10.8. The number of carbonyl (C=O) groups is 2.